The quantitative estimate of drug-likeness (QED) is 0.611. The zero-order chi connectivity index (χ0) is 17.2. The van der Waals surface area contributed by atoms with Crippen LogP contribution in [0.3, 0.4) is 0 Å². The van der Waals surface area contributed by atoms with Crippen molar-refractivity contribution in [2.24, 2.45) is 0 Å². The van der Waals surface area contributed by atoms with Crippen molar-refractivity contribution in [1.82, 2.24) is 19.9 Å². The Kier molecular flexibility index (Phi) is 3.91. The Bertz CT molecular complexity index is 1060. The van der Waals surface area contributed by atoms with Crippen LogP contribution in [0.2, 0.25) is 0 Å². The van der Waals surface area contributed by atoms with E-state index >= 15 is 0 Å². The maximum absolute atomic E-state index is 12.2. The number of aromatic nitrogens is 4. The Hall–Kier alpha value is -3.19. The van der Waals surface area contributed by atoms with Gasteiger partial charge in [0, 0.05) is 41.8 Å². The van der Waals surface area contributed by atoms with Gasteiger partial charge in [0.1, 0.15) is 5.82 Å². The van der Waals surface area contributed by atoms with E-state index in [0.29, 0.717) is 11.4 Å². The van der Waals surface area contributed by atoms with Crippen molar-refractivity contribution in [3.63, 3.8) is 0 Å². The van der Waals surface area contributed by atoms with E-state index < -0.39 is 0 Å². The Morgan fingerprint density at radius 2 is 1.92 bits per heavy atom. The fourth-order valence-electron chi connectivity index (χ4n) is 2.39. The van der Waals surface area contributed by atoms with E-state index in [-0.39, 0.29) is 5.91 Å². The first-order chi connectivity index (χ1) is 12.2. The third-order valence-corrected chi connectivity index (χ3v) is 4.57. The predicted octanol–water partition coefficient (Wildman–Crippen LogP) is 3.71. The van der Waals surface area contributed by atoms with Crippen molar-refractivity contribution in [3.05, 3.63) is 65.7 Å². The van der Waals surface area contributed by atoms with Crippen LogP contribution >= 0.6 is 11.3 Å². The Labute approximate surface area is 147 Å². The topological polar surface area (TPSA) is 80.7 Å². The monoisotopic (exact) mass is 347 g/mol. The Morgan fingerprint density at radius 1 is 1.08 bits per heavy atom. The summed E-state index contributed by atoms with van der Waals surface area (Å²) in [7, 11) is 0. The van der Waals surface area contributed by atoms with Gasteiger partial charge in [0.25, 0.3) is 5.91 Å². The molecule has 0 saturated carbocycles. The largest absolute Gasteiger partial charge is 0.306 e. The van der Waals surface area contributed by atoms with Crippen LogP contribution in [0.4, 0.5) is 5.82 Å². The molecule has 0 atom stereocenters. The number of hydrogen-bond acceptors (Lipinski definition) is 6. The lowest BCUT2D eigenvalue weighted by atomic mass is 10.2. The van der Waals surface area contributed by atoms with E-state index in [1.165, 1.54) is 0 Å². The van der Waals surface area contributed by atoms with Crippen LogP contribution in [0, 0.1) is 6.92 Å². The molecule has 0 unspecified atom stereocenters. The molecule has 122 valence electrons. The van der Waals surface area contributed by atoms with Crippen molar-refractivity contribution in [2.45, 2.75) is 6.92 Å². The van der Waals surface area contributed by atoms with E-state index in [4.69, 9.17) is 0 Å². The van der Waals surface area contributed by atoms with Crippen LogP contribution in [-0.4, -0.2) is 25.8 Å². The van der Waals surface area contributed by atoms with Crippen LogP contribution < -0.4 is 5.32 Å². The van der Waals surface area contributed by atoms with Gasteiger partial charge in [0.2, 0.25) is 0 Å². The van der Waals surface area contributed by atoms with Gasteiger partial charge < -0.3 is 5.32 Å². The molecule has 1 N–H and O–H groups in total. The van der Waals surface area contributed by atoms with Crippen LogP contribution in [0.25, 0.3) is 21.5 Å². The molecule has 1 amide bonds. The first-order valence-electron chi connectivity index (χ1n) is 7.60. The molecule has 7 heteroatoms. The molecule has 6 nitrogen and oxygen atoms in total. The number of thiazole rings is 1. The number of pyridine rings is 3. The number of rotatable bonds is 3. The molecular weight excluding hydrogens is 334 g/mol. The van der Waals surface area contributed by atoms with Gasteiger partial charge in [-0.05, 0) is 31.2 Å². The summed E-state index contributed by atoms with van der Waals surface area (Å²) in [5.41, 5.74) is 2.15. The number of amides is 1. The lowest BCUT2D eigenvalue weighted by Crippen LogP contribution is -2.12. The maximum Gasteiger partial charge on any atom is 0.256 e. The fraction of sp³-hybridized carbons (Fsp3) is 0.0556. The third-order valence-electron chi connectivity index (χ3n) is 3.63. The molecule has 0 aliphatic carbocycles. The number of nitrogens with zero attached hydrogens (tertiary/aromatic N) is 4. The number of aryl methyl sites for hydroxylation is 1. The van der Waals surface area contributed by atoms with E-state index in [1.807, 2.05) is 25.3 Å². The zero-order valence-corrected chi connectivity index (χ0v) is 14.1. The summed E-state index contributed by atoms with van der Waals surface area (Å²) in [6.07, 6.45) is 6.68. The molecule has 0 aromatic carbocycles. The van der Waals surface area contributed by atoms with Crippen LogP contribution in [0.15, 0.2) is 55.1 Å². The summed E-state index contributed by atoms with van der Waals surface area (Å²) in [5.74, 6) is 0.225. The number of nitrogens with one attached hydrogen (secondary N) is 1. The molecule has 0 aliphatic heterocycles. The molecule has 4 rings (SSSR count). The van der Waals surface area contributed by atoms with Gasteiger partial charge in [-0.3, -0.25) is 9.78 Å². The first-order valence-corrected chi connectivity index (χ1v) is 8.42. The van der Waals surface area contributed by atoms with Gasteiger partial charge >= 0.3 is 0 Å². The summed E-state index contributed by atoms with van der Waals surface area (Å²) in [6, 6.07) is 8.99. The van der Waals surface area contributed by atoms with E-state index in [2.05, 4.69) is 25.3 Å². The Balaban J connectivity index is 1.66. The van der Waals surface area contributed by atoms with Gasteiger partial charge in [0.05, 0.1) is 21.1 Å². The summed E-state index contributed by atoms with van der Waals surface area (Å²) >= 11 is 1.60. The second-order valence-electron chi connectivity index (χ2n) is 5.39. The molecule has 0 saturated heterocycles. The lowest BCUT2D eigenvalue weighted by Gasteiger charge is -2.06. The van der Waals surface area contributed by atoms with Gasteiger partial charge in [-0.15, -0.1) is 11.3 Å². The van der Waals surface area contributed by atoms with Gasteiger partial charge in [-0.1, -0.05) is 0 Å². The van der Waals surface area contributed by atoms with Gasteiger partial charge in [-0.25, -0.2) is 15.0 Å². The summed E-state index contributed by atoms with van der Waals surface area (Å²) in [5, 5.41) is 4.69. The highest BCUT2D eigenvalue weighted by Gasteiger charge is 2.09. The highest BCUT2D eigenvalue weighted by atomic mass is 32.1. The molecule has 0 aliphatic rings. The fourth-order valence-corrected chi connectivity index (χ4v) is 3.14. The summed E-state index contributed by atoms with van der Waals surface area (Å²) < 4.78 is 0. The van der Waals surface area contributed by atoms with Gasteiger partial charge in [0.15, 0.2) is 0 Å². The maximum atomic E-state index is 12.2. The molecule has 4 aromatic rings. The van der Waals surface area contributed by atoms with Crippen molar-refractivity contribution < 1.29 is 4.79 Å². The third kappa shape index (κ3) is 3.22. The van der Waals surface area contributed by atoms with E-state index in [1.54, 1.807) is 48.1 Å². The molecule has 0 fully saturated rings. The zero-order valence-electron chi connectivity index (χ0n) is 13.3. The van der Waals surface area contributed by atoms with Crippen LogP contribution in [0.1, 0.15) is 15.4 Å². The number of carbonyl (C=O) groups excluding carboxylic acids is 1. The second kappa shape index (κ2) is 6.37. The average Bonchev–Trinajstić information content (AvgIpc) is 3.08. The number of carbonyl (C=O) groups is 1. The first kappa shape index (κ1) is 15.3. The molecule has 0 bridgehead atoms. The summed E-state index contributed by atoms with van der Waals surface area (Å²) in [4.78, 5) is 30.4. The second-order valence-corrected chi connectivity index (χ2v) is 6.63. The number of anilines is 1. The normalized spacial score (nSPS) is 10.8. The molecule has 0 spiro atoms. The molecule has 0 radical (unpaired) electrons. The number of hydrogen-bond donors (Lipinski definition) is 1. The van der Waals surface area contributed by atoms with Crippen LogP contribution in [0.5, 0.6) is 0 Å². The highest BCUT2D eigenvalue weighted by Crippen LogP contribution is 2.26. The summed E-state index contributed by atoms with van der Waals surface area (Å²) in [6.45, 7) is 1.96. The molecule has 4 heterocycles. The molecule has 25 heavy (non-hydrogen) atoms. The highest BCUT2D eigenvalue weighted by molar-refractivity contribution is 7.15. The van der Waals surface area contributed by atoms with E-state index in [9.17, 15) is 4.79 Å². The van der Waals surface area contributed by atoms with Crippen molar-refractivity contribution >= 4 is 34.0 Å². The minimum absolute atomic E-state index is 0.233. The van der Waals surface area contributed by atoms with Gasteiger partial charge in [-0.2, -0.15) is 0 Å². The lowest BCUT2D eigenvalue weighted by molar-refractivity contribution is 0.102. The van der Waals surface area contributed by atoms with Crippen LogP contribution in [-0.2, 0) is 0 Å². The number of fused-ring (bicyclic) bond motifs is 1. The minimum atomic E-state index is -0.233. The Morgan fingerprint density at radius 3 is 2.68 bits per heavy atom. The molecular formula is C18H13N5OS. The standard InChI is InChI=1S/C18H13N5OS/c1-11-20-10-16(25-11)14-3-2-13-9-21-17(8-15(13)22-14)23-18(24)12-4-6-19-7-5-12/h2-10H,1H3,(H,21,23,24). The van der Waals surface area contributed by atoms with Crippen molar-refractivity contribution in [1.29, 1.82) is 0 Å². The predicted molar refractivity (Wildman–Crippen MR) is 97.6 cm³/mol. The van der Waals surface area contributed by atoms with Crippen molar-refractivity contribution in [2.75, 3.05) is 5.32 Å². The average molecular weight is 347 g/mol. The van der Waals surface area contributed by atoms with Crippen molar-refractivity contribution in [3.8, 4) is 10.6 Å². The SMILES string of the molecule is Cc1ncc(-c2ccc3cnc(NC(=O)c4ccncc4)cc3n2)s1. The smallest absolute Gasteiger partial charge is 0.256 e. The minimum Gasteiger partial charge on any atom is -0.306 e. The molecule has 4 aromatic heterocycles. The van der Waals surface area contributed by atoms with E-state index in [0.717, 1.165) is 26.5 Å².